The minimum atomic E-state index is 0.0576. The first kappa shape index (κ1) is 15.4. The first-order valence-electron chi connectivity index (χ1n) is 6.15. The van der Waals surface area contributed by atoms with Gasteiger partial charge in [-0.2, -0.15) is 0 Å². The number of amides is 1. The molecule has 1 amide bonds. The highest BCUT2D eigenvalue weighted by molar-refractivity contribution is 6.29. The Kier molecular flexibility index (Phi) is 7.27. The normalized spacial score (nSPS) is 17.7. The molecule has 1 rings (SSSR count). The average molecular weight is 276 g/mol. The average Bonchev–Trinajstić information content (AvgIpc) is 2.31. The van der Waals surface area contributed by atoms with Crippen LogP contribution < -0.4 is 5.32 Å². The Labute approximate surface area is 114 Å². The van der Waals surface area contributed by atoms with Gasteiger partial charge in [0.2, 0.25) is 5.91 Å². The summed E-state index contributed by atoms with van der Waals surface area (Å²) in [4.78, 5) is 16.0. The highest BCUT2D eigenvalue weighted by Gasteiger charge is 2.18. The quantitative estimate of drug-likeness (QED) is 0.671. The van der Waals surface area contributed by atoms with Crippen LogP contribution in [0.1, 0.15) is 0 Å². The standard InChI is InChI=1S/C12H22ClN3O2/c1-11(13)9-15-4-6-16(7-5-15)10-12(17)14-3-8-18-2/h1,3-10H2,2H3,(H,14,17). The Balaban J connectivity index is 2.14. The van der Waals surface area contributed by atoms with Crippen molar-refractivity contribution in [2.24, 2.45) is 0 Å². The summed E-state index contributed by atoms with van der Waals surface area (Å²) in [6.45, 7) is 9.64. The third-order valence-corrected chi connectivity index (χ3v) is 2.98. The van der Waals surface area contributed by atoms with Crippen LogP contribution in [0.5, 0.6) is 0 Å². The number of hydrogen-bond donors (Lipinski definition) is 1. The number of hydrogen-bond acceptors (Lipinski definition) is 4. The van der Waals surface area contributed by atoms with Crippen molar-refractivity contribution in [1.29, 1.82) is 0 Å². The van der Waals surface area contributed by atoms with E-state index in [0.29, 0.717) is 24.7 Å². The van der Waals surface area contributed by atoms with Crippen molar-refractivity contribution in [1.82, 2.24) is 15.1 Å². The Hall–Kier alpha value is -0.620. The number of ether oxygens (including phenoxy) is 1. The summed E-state index contributed by atoms with van der Waals surface area (Å²) in [7, 11) is 1.62. The second-order valence-electron chi connectivity index (χ2n) is 4.41. The number of halogens is 1. The van der Waals surface area contributed by atoms with E-state index in [2.05, 4.69) is 21.7 Å². The number of nitrogens with zero attached hydrogens (tertiary/aromatic N) is 2. The van der Waals surface area contributed by atoms with Crippen LogP contribution in [0.25, 0.3) is 0 Å². The number of methoxy groups -OCH3 is 1. The van der Waals surface area contributed by atoms with Gasteiger partial charge in [-0.3, -0.25) is 14.6 Å². The summed E-state index contributed by atoms with van der Waals surface area (Å²) in [6, 6.07) is 0. The van der Waals surface area contributed by atoms with E-state index in [0.717, 1.165) is 32.7 Å². The van der Waals surface area contributed by atoms with Crippen LogP contribution in [-0.4, -0.2) is 75.2 Å². The van der Waals surface area contributed by atoms with Crippen LogP contribution in [0.4, 0.5) is 0 Å². The summed E-state index contributed by atoms with van der Waals surface area (Å²) in [5.41, 5.74) is 0. The number of piperazine rings is 1. The fourth-order valence-electron chi connectivity index (χ4n) is 1.90. The largest absolute Gasteiger partial charge is 0.383 e. The molecule has 0 aromatic carbocycles. The zero-order valence-electron chi connectivity index (χ0n) is 11.0. The smallest absolute Gasteiger partial charge is 0.234 e. The maximum absolute atomic E-state index is 11.6. The van der Waals surface area contributed by atoms with E-state index in [1.807, 2.05) is 0 Å². The van der Waals surface area contributed by atoms with Gasteiger partial charge in [0.05, 0.1) is 13.2 Å². The lowest BCUT2D eigenvalue weighted by atomic mass is 10.3. The molecule has 1 fully saturated rings. The van der Waals surface area contributed by atoms with Crippen molar-refractivity contribution in [3.63, 3.8) is 0 Å². The SMILES string of the molecule is C=C(Cl)CN1CCN(CC(=O)NCCOC)CC1. The summed E-state index contributed by atoms with van der Waals surface area (Å²) >= 11 is 5.78. The Morgan fingerprint density at radius 1 is 1.28 bits per heavy atom. The van der Waals surface area contributed by atoms with E-state index >= 15 is 0 Å². The highest BCUT2D eigenvalue weighted by atomic mass is 35.5. The monoisotopic (exact) mass is 275 g/mol. The minimum Gasteiger partial charge on any atom is -0.383 e. The van der Waals surface area contributed by atoms with Crippen molar-refractivity contribution in [3.05, 3.63) is 11.6 Å². The number of nitrogens with one attached hydrogen (secondary N) is 1. The highest BCUT2D eigenvalue weighted by Crippen LogP contribution is 2.06. The molecule has 0 radical (unpaired) electrons. The van der Waals surface area contributed by atoms with Gasteiger partial charge in [0, 0.05) is 51.4 Å². The second-order valence-corrected chi connectivity index (χ2v) is 4.95. The molecular formula is C12H22ClN3O2. The molecule has 0 bridgehead atoms. The predicted octanol–water partition coefficient (Wildman–Crippen LogP) is 0.119. The fraction of sp³-hybridized carbons (Fsp3) is 0.750. The third-order valence-electron chi connectivity index (χ3n) is 2.86. The van der Waals surface area contributed by atoms with Gasteiger partial charge in [-0.1, -0.05) is 18.2 Å². The van der Waals surface area contributed by atoms with Crippen LogP contribution in [0, 0.1) is 0 Å². The maximum atomic E-state index is 11.6. The summed E-state index contributed by atoms with van der Waals surface area (Å²) < 4.78 is 4.88. The van der Waals surface area contributed by atoms with Gasteiger partial charge in [0.15, 0.2) is 0 Å². The van der Waals surface area contributed by atoms with Gasteiger partial charge >= 0.3 is 0 Å². The predicted molar refractivity (Wildman–Crippen MR) is 72.8 cm³/mol. The van der Waals surface area contributed by atoms with E-state index < -0.39 is 0 Å². The van der Waals surface area contributed by atoms with Crippen LogP contribution in [0.2, 0.25) is 0 Å². The van der Waals surface area contributed by atoms with Crippen molar-refractivity contribution in [3.8, 4) is 0 Å². The van der Waals surface area contributed by atoms with Crippen molar-refractivity contribution in [2.75, 3.05) is 59.5 Å². The molecule has 104 valence electrons. The van der Waals surface area contributed by atoms with Gasteiger partial charge in [-0.15, -0.1) is 0 Å². The summed E-state index contributed by atoms with van der Waals surface area (Å²) in [5.74, 6) is 0.0576. The maximum Gasteiger partial charge on any atom is 0.234 e. The third kappa shape index (κ3) is 6.35. The molecule has 1 saturated heterocycles. The van der Waals surface area contributed by atoms with Crippen LogP contribution in [0.3, 0.4) is 0 Å². The fourth-order valence-corrected chi connectivity index (χ4v) is 2.07. The van der Waals surface area contributed by atoms with Gasteiger partial charge in [-0.25, -0.2) is 0 Å². The molecule has 0 aromatic heterocycles. The van der Waals surface area contributed by atoms with Crippen molar-refractivity contribution in [2.45, 2.75) is 0 Å². The van der Waals surface area contributed by atoms with E-state index in [4.69, 9.17) is 16.3 Å². The lowest BCUT2D eigenvalue weighted by Gasteiger charge is -2.34. The van der Waals surface area contributed by atoms with E-state index in [9.17, 15) is 4.79 Å². The lowest BCUT2D eigenvalue weighted by Crippen LogP contribution is -2.49. The molecule has 6 heteroatoms. The molecule has 0 aromatic rings. The van der Waals surface area contributed by atoms with Crippen molar-refractivity contribution >= 4 is 17.5 Å². The Morgan fingerprint density at radius 2 is 1.83 bits per heavy atom. The zero-order valence-corrected chi connectivity index (χ0v) is 11.7. The molecule has 0 spiro atoms. The first-order valence-corrected chi connectivity index (χ1v) is 6.53. The van der Waals surface area contributed by atoms with Gasteiger partial charge in [-0.05, 0) is 0 Å². The number of rotatable bonds is 7. The van der Waals surface area contributed by atoms with Crippen molar-refractivity contribution < 1.29 is 9.53 Å². The van der Waals surface area contributed by atoms with Crippen LogP contribution >= 0.6 is 11.6 Å². The van der Waals surface area contributed by atoms with E-state index in [1.165, 1.54) is 0 Å². The molecule has 0 saturated carbocycles. The molecule has 0 unspecified atom stereocenters. The summed E-state index contributed by atoms with van der Waals surface area (Å²) in [6.07, 6.45) is 0. The molecular weight excluding hydrogens is 254 g/mol. The topological polar surface area (TPSA) is 44.8 Å². The Bertz CT molecular complexity index is 278. The first-order chi connectivity index (χ1) is 8.61. The van der Waals surface area contributed by atoms with Gasteiger partial charge in [0.1, 0.15) is 0 Å². The molecule has 1 heterocycles. The van der Waals surface area contributed by atoms with Crippen LogP contribution in [-0.2, 0) is 9.53 Å². The molecule has 1 aliphatic heterocycles. The van der Waals surface area contributed by atoms with E-state index in [-0.39, 0.29) is 5.91 Å². The molecule has 5 nitrogen and oxygen atoms in total. The van der Waals surface area contributed by atoms with E-state index in [1.54, 1.807) is 7.11 Å². The minimum absolute atomic E-state index is 0.0576. The lowest BCUT2D eigenvalue weighted by molar-refractivity contribution is -0.122. The van der Waals surface area contributed by atoms with Gasteiger partial charge in [0.25, 0.3) is 0 Å². The molecule has 0 aliphatic carbocycles. The molecule has 1 aliphatic rings. The second kappa shape index (κ2) is 8.48. The number of carbonyl (C=O) groups is 1. The molecule has 18 heavy (non-hydrogen) atoms. The van der Waals surface area contributed by atoms with Crippen LogP contribution in [0.15, 0.2) is 11.6 Å². The van der Waals surface area contributed by atoms with Gasteiger partial charge < -0.3 is 10.1 Å². The number of carbonyl (C=O) groups excluding carboxylic acids is 1. The Morgan fingerprint density at radius 3 is 2.33 bits per heavy atom. The molecule has 0 atom stereocenters. The summed E-state index contributed by atoms with van der Waals surface area (Å²) in [5, 5.41) is 3.49. The zero-order chi connectivity index (χ0) is 13.4. The molecule has 1 N–H and O–H groups in total.